The number of sulfone groups is 1. The number of piperidine rings is 1. The smallest absolute Gasteiger partial charge is 0.250 e. The van der Waals surface area contributed by atoms with Crippen LogP contribution in [0.2, 0.25) is 0 Å². The van der Waals surface area contributed by atoms with Crippen LogP contribution in [0.5, 0.6) is 0 Å². The van der Waals surface area contributed by atoms with E-state index in [4.69, 9.17) is 0 Å². The Morgan fingerprint density at radius 2 is 1.78 bits per heavy atom. The van der Waals surface area contributed by atoms with Gasteiger partial charge in [-0.15, -0.1) is 0 Å². The molecule has 2 aliphatic rings. The molecule has 2 aromatic rings. The van der Waals surface area contributed by atoms with Crippen molar-refractivity contribution in [1.82, 2.24) is 19.7 Å². The normalized spacial score (nSPS) is 18.7. The van der Waals surface area contributed by atoms with Crippen molar-refractivity contribution in [3.05, 3.63) is 47.1 Å². The molecule has 196 valence electrons. The summed E-state index contributed by atoms with van der Waals surface area (Å²) in [5.41, 5.74) is 1.28. The Bertz CT molecular complexity index is 1190. The van der Waals surface area contributed by atoms with Gasteiger partial charge in [0.1, 0.15) is 0 Å². The number of benzene rings is 1. The second kappa shape index (κ2) is 12.3. The largest absolute Gasteiger partial charge is 0.338 e. The van der Waals surface area contributed by atoms with Gasteiger partial charge < -0.3 is 14.7 Å². The molecule has 1 aromatic carbocycles. The molecule has 7 nitrogen and oxygen atoms in total. The van der Waals surface area contributed by atoms with E-state index in [2.05, 4.69) is 21.7 Å². The highest BCUT2D eigenvalue weighted by atomic mass is 32.2. The summed E-state index contributed by atoms with van der Waals surface area (Å²) in [5.74, 6) is -0.141. The Kier molecular flexibility index (Phi) is 9.14. The zero-order chi connectivity index (χ0) is 25.5. The van der Waals surface area contributed by atoms with Gasteiger partial charge >= 0.3 is 0 Å². The summed E-state index contributed by atoms with van der Waals surface area (Å²) in [6.07, 6.45) is 7.87. The number of pyridine rings is 1. The van der Waals surface area contributed by atoms with Crippen LogP contribution < -0.4 is 0 Å². The van der Waals surface area contributed by atoms with Crippen LogP contribution >= 0.6 is 0 Å². The van der Waals surface area contributed by atoms with Crippen molar-refractivity contribution in [3.8, 4) is 0 Å². The van der Waals surface area contributed by atoms with Gasteiger partial charge in [0.15, 0.2) is 9.84 Å². The third-order valence-corrected chi connectivity index (χ3v) is 8.84. The number of carbonyl (C=O) groups is 1. The lowest BCUT2D eigenvalue weighted by molar-refractivity contribution is -0.128. The molecule has 2 aliphatic heterocycles. The summed E-state index contributed by atoms with van der Waals surface area (Å²) in [5, 5.41) is 2.93. The predicted molar refractivity (Wildman–Crippen MR) is 145 cm³/mol. The lowest BCUT2D eigenvalue weighted by Crippen LogP contribution is -2.44. The van der Waals surface area contributed by atoms with Gasteiger partial charge in [0.25, 0.3) is 5.91 Å². The lowest BCUT2D eigenvalue weighted by Gasteiger charge is -2.32. The van der Waals surface area contributed by atoms with Crippen LogP contribution in [-0.4, -0.2) is 86.4 Å². The van der Waals surface area contributed by atoms with E-state index < -0.39 is 9.84 Å². The first-order valence-corrected chi connectivity index (χ1v) is 15.0. The van der Waals surface area contributed by atoms with Gasteiger partial charge in [-0.1, -0.05) is 19.4 Å². The second-order valence-electron chi connectivity index (χ2n) is 10.2. The number of carbonyl (C=O) groups excluding carboxylic acids is 1. The molecule has 4 rings (SSSR count). The number of amides is 1. The molecular weight excluding hydrogens is 472 g/mol. The van der Waals surface area contributed by atoms with Crippen LogP contribution in [0.4, 0.5) is 0 Å². The van der Waals surface area contributed by atoms with Crippen LogP contribution in [0.25, 0.3) is 10.8 Å². The molecule has 3 heterocycles. The van der Waals surface area contributed by atoms with Gasteiger partial charge in [-0.05, 0) is 82.2 Å². The van der Waals surface area contributed by atoms with Crippen LogP contribution in [0.3, 0.4) is 0 Å². The number of rotatable bonds is 11. The first-order chi connectivity index (χ1) is 17.4. The SMILES string of the molecule is CCCCN(CCN1CCCC1)CCN1CCC/C(=C\S(=O)(=O)c2ccc3cc(C)ncc3c2)C1=O. The lowest BCUT2D eigenvalue weighted by atomic mass is 10.1. The molecule has 2 saturated heterocycles. The van der Waals surface area contributed by atoms with Crippen molar-refractivity contribution in [2.75, 3.05) is 52.4 Å². The van der Waals surface area contributed by atoms with E-state index in [9.17, 15) is 13.2 Å². The zero-order valence-corrected chi connectivity index (χ0v) is 22.6. The highest BCUT2D eigenvalue weighted by Gasteiger charge is 2.26. The highest BCUT2D eigenvalue weighted by Crippen LogP contribution is 2.24. The fourth-order valence-corrected chi connectivity index (χ4v) is 6.40. The molecule has 0 saturated carbocycles. The molecule has 2 fully saturated rings. The van der Waals surface area contributed by atoms with Gasteiger partial charge in [0.05, 0.1) is 4.90 Å². The first kappa shape index (κ1) is 26.8. The van der Waals surface area contributed by atoms with Crippen LogP contribution in [0, 0.1) is 6.92 Å². The summed E-state index contributed by atoms with van der Waals surface area (Å²) in [6.45, 7) is 11.8. The average Bonchev–Trinajstić information content (AvgIpc) is 3.39. The van der Waals surface area contributed by atoms with Gasteiger partial charge in [-0.2, -0.15) is 0 Å². The van der Waals surface area contributed by atoms with Crippen LogP contribution in [0.15, 0.2) is 46.3 Å². The van der Waals surface area contributed by atoms with Gasteiger partial charge in [-0.25, -0.2) is 8.42 Å². The molecular formula is C28H40N4O3S. The quantitative estimate of drug-likeness (QED) is 0.424. The molecule has 0 spiro atoms. The van der Waals surface area contributed by atoms with E-state index in [-0.39, 0.29) is 10.8 Å². The Morgan fingerprint density at radius 3 is 2.56 bits per heavy atom. The van der Waals surface area contributed by atoms with E-state index in [1.807, 2.05) is 17.9 Å². The number of unbranched alkanes of at least 4 members (excludes halogenated alkanes) is 1. The number of hydrogen-bond donors (Lipinski definition) is 0. The van der Waals surface area contributed by atoms with Crippen LogP contribution in [0.1, 0.15) is 51.1 Å². The summed E-state index contributed by atoms with van der Waals surface area (Å²) >= 11 is 0. The Morgan fingerprint density at radius 1 is 1.00 bits per heavy atom. The molecule has 0 unspecified atom stereocenters. The highest BCUT2D eigenvalue weighted by molar-refractivity contribution is 7.94. The summed E-state index contributed by atoms with van der Waals surface area (Å²) < 4.78 is 26.4. The number of likely N-dealkylation sites (tertiary alicyclic amines) is 2. The van der Waals surface area contributed by atoms with E-state index in [0.717, 1.165) is 61.9 Å². The molecule has 0 atom stereocenters. The van der Waals surface area contributed by atoms with E-state index >= 15 is 0 Å². The zero-order valence-electron chi connectivity index (χ0n) is 21.8. The maximum atomic E-state index is 13.2. The molecule has 1 amide bonds. The monoisotopic (exact) mass is 512 g/mol. The molecule has 0 N–H and O–H groups in total. The molecule has 0 bridgehead atoms. The summed E-state index contributed by atoms with van der Waals surface area (Å²) in [4.78, 5) is 24.5. The Labute approximate surface area is 216 Å². The van der Waals surface area contributed by atoms with E-state index in [1.54, 1.807) is 24.4 Å². The average molecular weight is 513 g/mol. The van der Waals surface area contributed by atoms with Crippen molar-refractivity contribution in [2.24, 2.45) is 0 Å². The van der Waals surface area contributed by atoms with E-state index in [0.29, 0.717) is 25.1 Å². The molecule has 8 heteroatoms. The molecule has 0 radical (unpaired) electrons. The number of fused-ring (bicyclic) bond motifs is 1. The first-order valence-electron chi connectivity index (χ1n) is 13.4. The Balaban J connectivity index is 1.41. The second-order valence-corrected chi connectivity index (χ2v) is 12.0. The standard InChI is InChI=1S/C28H40N4O3S/c1-3-4-11-31(16-15-30-12-5-6-13-30)17-18-32-14-7-8-25(28(32)33)22-36(34,35)27-10-9-24-19-23(2)29-21-26(24)20-27/h9-10,19-22H,3-8,11-18H2,1-2H3/b25-22+. The Hall–Kier alpha value is -2.29. The summed E-state index contributed by atoms with van der Waals surface area (Å²) in [6, 6.07) is 7.00. The third kappa shape index (κ3) is 6.93. The van der Waals surface area contributed by atoms with Gasteiger partial charge in [0, 0.05) is 61.0 Å². The predicted octanol–water partition coefficient (Wildman–Crippen LogP) is 4.02. The number of aromatic nitrogens is 1. The fourth-order valence-electron chi connectivity index (χ4n) is 5.13. The van der Waals surface area contributed by atoms with Crippen molar-refractivity contribution in [2.45, 2.75) is 57.3 Å². The van der Waals surface area contributed by atoms with Crippen molar-refractivity contribution in [1.29, 1.82) is 0 Å². The minimum atomic E-state index is -3.73. The van der Waals surface area contributed by atoms with Crippen molar-refractivity contribution in [3.63, 3.8) is 0 Å². The third-order valence-electron chi connectivity index (χ3n) is 7.34. The molecule has 1 aromatic heterocycles. The summed E-state index contributed by atoms with van der Waals surface area (Å²) in [7, 11) is -3.73. The minimum absolute atomic E-state index is 0.141. The molecule has 36 heavy (non-hydrogen) atoms. The molecule has 0 aliphatic carbocycles. The maximum Gasteiger partial charge on any atom is 0.250 e. The van der Waals surface area contributed by atoms with Crippen LogP contribution in [-0.2, 0) is 14.6 Å². The van der Waals surface area contributed by atoms with Crippen molar-refractivity contribution < 1.29 is 13.2 Å². The van der Waals surface area contributed by atoms with Gasteiger partial charge in [0.2, 0.25) is 0 Å². The number of aryl methyl sites for hydroxylation is 1. The maximum absolute atomic E-state index is 13.2. The van der Waals surface area contributed by atoms with Gasteiger partial charge in [-0.3, -0.25) is 9.78 Å². The fraction of sp³-hybridized carbons (Fsp3) is 0.571. The topological polar surface area (TPSA) is 73.8 Å². The van der Waals surface area contributed by atoms with E-state index in [1.165, 1.54) is 31.3 Å². The number of hydrogen-bond acceptors (Lipinski definition) is 6. The van der Waals surface area contributed by atoms with Crippen molar-refractivity contribution >= 4 is 26.5 Å². The number of nitrogens with zero attached hydrogens (tertiary/aromatic N) is 4. The minimum Gasteiger partial charge on any atom is -0.338 e.